The quantitative estimate of drug-likeness (QED) is 0.583. The van der Waals surface area contributed by atoms with Gasteiger partial charge in [-0.25, -0.2) is 18.7 Å². The molecule has 0 radical (unpaired) electrons. The van der Waals surface area contributed by atoms with Crippen molar-refractivity contribution in [2.75, 3.05) is 18.5 Å². The van der Waals surface area contributed by atoms with Crippen molar-refractivity contribution in [3.05, 3.63) is 65.9 Å². The molecule has 2 heterocycles. The Morgan fingerprint density at radius 2 is 1.79 bits per heavy atom. The number of rotatable bonds is 8. The third kappa shape index (κ3) is 4.74. The van der Waals surface area contributed by atoms with E-state index in [2.05, 4.69) is 32.1 Å². The average molecular weight is 399 g/mol. The van der Waals surface area contributed by atoms with Gasteiger partial charge in [-0.05, 0) is 26.3 Å². The van der Waals surface area contributed by atoms with Crippen LogP contribution < -0.4 is 5.32 Å². The number of aryl methyl sites for hydroxylation is 2. The summed E-state index contributed by atoms with van der Waals surface area (Å²) in [5.41, 5.74) is 2.10. The maximum absolute atomic E-state index is 14.0. The van der Waals surface area contributed by atoms with Crippen LogP contribution in [0.1, 0.15) is 30.4 Å². The number of hydrogen-bond acceptors (Lipinski definition) is 6. The van der Waals surface area contributed by atoms with Gasteiger partial charge in [0.2, 0.25) is 0 Å². The molecule has 0 aliphatic rings. The maximum atomic E-state index is 14.0. The predicted molar refractivity (Wildman–Crippen MR) is 107 cm³/mol. The van der Waals surface area contributed by atoms with Crippen molar-refractivity contribution in [3.8, 4) is 5.69 Å². The van der Waals surface area contributed by atoms with Crippen molar-refractivity contribution < 1.29 is 8.78 Å². The number of anilines is 1. The Morgan fingerprint density at radius 1 is 1.10 bits per heavy atom. The highest BCUT2D eigenvalue weighted by molar-refractivity contribution is 5.69. The van der Waals surface area contributed by atoms with Gasteiger partial charge in [0.1, 0.15) is 11.6 Å². The smallest absolute Gasteiger partial charge is 0.161 e. The minimum absolute atomic E-state index is 0.314. The first kappa shape index (κ1) is 20.4. The van der Waals surface area contributed by atoms with Crippen LogP contribution >= 0.6 is 0 Å². The molecule has 1 N–H and O–H groups in total. The molecule has 0 unspecified atom stereocenters. The molecule has 0 amide bonds. The van der Waals surface area contributed by atoms with Crippen molar-refractivity contribution in [1.82, 2.24) is 29.9 Å². The number of hydrogen-bond donors (Lipinski definition) is 1. The van der Waals surface area contributed by atoms with Gasteiger partial charge in [-0.15, -0.1) is 0 Å². The number of halogens is 2. The van der Waals surface area contributed by atoms with E-state index in [9.17, 15) is 8.78 Å². The van der Waals surface area contributed by atoms with Crippen LogP contribution in [0, 0.1) is 25.5 Å². The van der Waals surface area contributed by atoms with Crippen LogP contribution in [0.3, 0.4) is 0 Å². The summed E-state index contributed by atoms with van der Waals surface area (Å²) < 4.78 is 27.9. The summed E-state index contributed by atoms with van der Waals surface area (Å²) in [6, 6.07) is 4.04. The Labute approximate surface area is 168 Å². The van der Waals surface area contributed by atoms with E-state index >= 15 is 0 Å². The molecule has 2 aromatic heterocycles. The van der Waals surface area contributed by atoms with Crippen molar-refractivity contribution >= 4 is 11.5 Å². The van der Waals surface area contributed by atoms with Gasteiger partial charge in [-0.3, -0.25) is 0 Å². The van der Waals surface area contributed by atoms with Crippen molar-refractivity contribution in [3.63, 3.8) is 0 Å². The molecule has 0 saturated heterocycles. The summed E-state index contributed by atoms with van der Waals surface area (Å²) in [5.74, 6) is -0.575. The third-order valence-electron chi connectivity index (χ3n) is 4.28. The largest absolute Gasteiger partial charge is 0.354 e. The summed E-state index contributed by atoms with van der Waals surface area (Å²) in [7, 11) is 0. The Kier molecular flexibility index (Phi) is 6.16. The van der Waals surface area contributed by atoms with Gasteiger partial charge in [0, 0.05) is 35.6 Å². The first-order valence-electron chi connectivity index (χ1n) is 9.25. The molecule has 3 aromatic rings. The van der Waals surface area contributed by atoms with Crippen LogP contribution in [0.4, 0.5) is 14.6 Å². The van der Waals surface area contributed by atoms with Crippen LogP contribution in [0.2, 0.25) is 0 Å². The molecule has 7 nitrogen and oxygen atoms in total. The van der Waals surface area contributed by atoms with Gasteiger partial charge in [0.05, 0.1) is 24.7 Å². The molecule has 0 aliphatic carbocycles. The second-order valence-electron chi connectivity index (χ2n) is 6.59. The molecular weight excluding hydrogens is 376 g/mol. The Morgan fingerprint density at radius 3 is 2.45 bits per heavy atom. The normalized spacial score (nSPS) is 10.8. The van der Waals surface area contributed by atoms with Crippen LogP contribution in [0.5, 0.6) is 0 Å². The third-order valence-corrected chi connectivity index (χ3v) is 4.28. The van der Waals surface area contributed by atoms with E-state index < -0.39 is 11.6 Å². The van der Waals surface area contributed by atoms with Gasteiger partial charge in [-0.2, -0.15) is 15.0 Å². The fourth-order valence-corrected chi connectivity index (χ4v) is 3.01. The zero-order valence-corrected chi connectivity index (χ0v) is 16.7. The Hall–Kier alpha value is -3.36. The zero-order chi connectivity index (χ0) is 21.0. The standard InChI is InChI=1S/C20H23F2N7/c1-5-8-28(12-23-20-9-13(2)26-15(4)27-20)14(3)16-10-17(21)18(22)11-19(16)29-24-6-7-25-29/h6-7,9-11H,3,5,8,12H2,1-2,4H3,(H,23,26,27). The summed E-state index contributed by atoms with van der Waals surface area (Å²) in [4.78, 5) is 11.8. The highest BCUT2D eigenvalue weighted by Crippen LogP contribution is 2.26. The first-order chi connectivity index (χ1) is 13.9. The zero-order valence-electron chi connectivity index (χ0n) is 16.7. The van der Waals surface area contributed by atoms with E-state index in [-0.39, 0.29) is 0 Å². The number of nitrogens with zero attached hydrogens (tertiary/aromatic N) is 6. The monoisotopic (exact) mass is 399 g/mol. The number of aromatic nitrogens is 5. The van der Waals surface area contributed by atoms with E-state index in [0.717, 1.165) is 24.2 Å². The number of benzene rings is 1. The molecule has 0 aliphatic heterocycles. The molecule has 29 heavy (non-hydrogen) atoms. The molecule has 0 spiro atoms. The molecule has 9 heteroatoms. The lowest BCUT2D eigenvalue weighted by Crippen LogP contribution is -2.29. The molecule has 152 valence electrons. The fourth-order valence-electron chi connectivity index (χ4n) is 3.01. The van der Waals surface area contributed by atoms with E-state index in [1.54, 1.807) is 0 Å². The van der Waals surface area contributed by atoms with Crippen molar-refractivity contribution in [1.29, 1.82) is 0 Å². The summed E-state index contributed by atoms with van der Waals surface area (Å²) in [6.45, 7) is 10.9. The molecule has 1 aromatic carbocycles. The Bertz CT molecular complexity index is 982. The van der Waals surface area contributed by atoms with E-state index in [4.69, 9.17) is 0 Å². The molecule has 0 bridgehead atoms. The molecule has 0 atom stereocenters. The molecule has 3 rings (SSSR count). The van der Waals surface area contributed by atoms with E-state index in [1.807, 2.05) is 31.7 Å². The second kappa shape index (κ2) is 8.76. The second-order valence-corrected chi connectivity index (χ2v) is 6.59. The minimum Gasteiger partial charge on any atom is -0.354 e. The highest BCUT2D eigenvalue weighted by atomic mass is 19.2. The minimum atomic E-state index is -0.971. The van der Waals surface area contributed by atoms with Gasteiger partial charge in [0.25, 0.3) is 0 Å². The van der Waals surface area contributed by atoms with Crippen LogP contribution in [-0.2, 0) is 0 Å². The topological polar surface area (TPSA) is 71.8 Å². The van der Waals surface area contributed by atoms with Crippen LogP contribution in [0.15, 0.2) is 37.2 Å². The lowest BCUT2D eigenvalue weighted by atomic mass is 10.1. The average Bonchev–Trinajstić information content (AvgIpc) is 3.20. The SMILES string of the molecule is C=C(c1cc(F)c(F)cc1-n1nccn1)N(CCC)CNc1cc(C)nc(C)n1. The Balaban J connectivity index is 1.90. The van der Waals surface area contributed by atoms with Crippen LogP contribution in [-0.4, -0.2) is 43.1 Å². The summed E-state index contributed by atoms with van der Waals surface area (Å²) >= 11 is 0. The van der Waals surface area contributed by atoms with Gasteiger partial charge >= 0.3 is 0 Å². The van der Waals surface area contributed by atoms with Crippen molar-refractivity contribution in [2.45, 2.75) is 27.2 Å². The van der Waals surface area contributed by atoms with Crippen LogP contribution in [0.25, 0.3) is 11.4 Å². The highest BCUT2D eigenvalue weighted by Gasteiger charge is 2.19. The van der Waals surface area contributed by atoms with Gasteiger partial charge < -0.3 is 10.2 Å². The lowest BCUT2D eigenvalue weighted by Gasteiger charge is -2.28. The summed E-state index contributed by atoms with van der Waals surface area (Å²) in [5, 5.41) is 11.3. The van der Waals surface area contributed by atoms with Gasteiger partial charge in [-0.1, -0.05) is 13.5 Å². The number of nitrogens with one attached hydrogen (secondary N) is 1. The van der Waals surface area contributed by atoms with E-state index in [1.165, 1.54) is 17.2 Å². The summed E-state index contributed by atoms with van der Waals surface area (Å²) in [6.07, 6.45) is 3.78. The molecular formula is C20H23F2N7. The van der Waals surface area contributed by atoms with Gasteiger partial charge in [0.15, 0.2) is 11.6 Å². The first-order valence-corrected chi connectivity index (χ1v) is 9.25. The fraction of sp³-hybridized carbons (Fsp3) is 0.300. The maximum Gasteiger partial charge on any atom is 0.161 e. The predicted octanol–water partition coefficient (Wildman–Crippen LogP) is 3.70. The molecule has 0 fully saturated rings. The lowest BCUT2D eigenvalue weighted by molar-refractivity contribution is 0.422. The molecule has 0 saturated carbocycles. The van der Waals surface area contributed by atoms with Crippen molar-refractivity contribution in [2.24, 2.45) is 0 Å². The van der Waals surface area contributed by atoms with E-state index in [0.29, 0.717) is 41.8 Å².